The molecule has 0 saturated heterocycles. The van der Waals surface area contributed by atoms with Gasteiger partial charge in [-0.2, -0.15) is 0 Å². The highest BCUT2D eigenvalue weighted by Crippen LogP contribution is 2.12. The molecule has 2 aromatic rings. The van der Waals surface area contributed by atoms with Crippen molar-refractivity contribution in [2.24, 2.45) is 5.73 Å². The van der Waals surface area contributed by atoms with Gasteiger partial charge in [0.15, 0.2) is 0 Å². The molecule has 0 aliphatic heterocycles. The summed E-state index contributed by atoms with van der Waals surface area (Å²) in [5, 5.41) is 8.66. The highest BCUT2D eigenvalue weighted by atomic mass is 35.5. The van der Waals surface area contributed by atoms with Crippen LogP contribution >= 0.6 is 24.4 Å². The lowest BCUT2D eigenvalue weighted by Gasteiger charge is -2.05. The van der Waals surface area contributed by atoms with E-state index in [1.165, 1.54) is 0 Å². The maximum absolute atomic E-state index is 5.83. The number of halogens is 1. The average molecular weight is 259 g/mol. The van der Waals surface area contributed by atoms with E-state index < -0.39 is 0 Å². The molecule has 1 aromatic carbocycles. The van der Waals surface area contributed by atoms with Crippen LogP contribution in [0.1, 0.15) is 13.3 Å². The molecule has 0 amide bonds. The van der Waals surface area contributed by atoms with Crippen molar-refractivity contribution in [2.45, 2.75) is 19.4 Å². The van der Waals surface area contributed by atoms with Crippen LogP contribution < -0.4 is 5.73 Å². The van der Waals surface area contributed by atoms with Crippen molar-refractivity contribution in [1.29, 1.82) is 0 Å². The van der Waals surface area contributed by atoms with Gasteiger partial charge in [-0.25, -0.2) is 0 Å². The standard InChI is InChI=1S/C10H14N4S.ClH/c1-2-8(11)7-15-14-12-9-5-3-4-6-10(9)13-14;/h3-6,8H,2,7,11H2,1H3;1H/t8-;/m1./s1. The van der Waals surface area contributed by atoms with Gasteiger partial charge in [0.25, 0.3) is 0 Å². The second kappa shape index (κ2) is 6.08. The number of rotatable bonds is 4. The van der Waals surface area contributed by atoms with Crippen LogP contribution in [0.15, 0.2) is 24.3 Å². The monoisotopic (exact) mass is 258 g/mol. The molecule has 0 saturated carbocycles. The van der Waals surface area contributed by atoms with Crippen molar-refractivity contribution in [1.82, 2.24) is 14.4 Å². The molecule has 1 atom stereocenters. The highest BCUT2D eigenvalue weighted by Gasteiger charge is 2.04. The van der Waals surface area contributed by atoms with E-state index in [-0.39, 0.29) is 18.4 Å². The molecule has 0 radical (unpaired) electrons. The molecule has 88 valence electrons. The van der Waals surface area contributed by atoms with Gasteiger partial charge in [0.1, 0.15) is 11.0 Å². The second-order valence-electron chi connectivity index (χ2n) is 3.41. The Morgan fingerprint density at radius 3 is 2.38 bits per heavy atom. The van der Waals surface area contributed by atoms with E-state index in [0.29, 0.717) is 0 Å². The van der Waals surface area contributed by atoms with Crippen LogP contribution in [0.25, 0.3) is 11.0 Å². The second-order valence-corrected chi connectivity index (χ2v) is 4.32. The molecule has 0 unspecified atom stereocenters. The summed E-state index contributed by atoms with van der Waals surface area (Å²) < 4.78 is 1.65. The lowest BCUT2D eigenvalue weighted by Crippen LogP contribution is -2.22. The molecule has 1 heterocycles. The van der Waals surface area contributed by atoms with Crippen LogP contribution in [-0.2, 0) is 0 Å². The minimum Gasteiger partial charge on any atom is -0.327 e. The molecule has 2 N–H and O–H groups in total. The van der Waals surface area contributed by atoms with Crippen LogP contribution in [0.4, 0.5) is 0 Å². The Kier molecular flexibility index (Phi) is 5.05. The van der Waals surface area contributed by atoms with Gasteiger partial charge in [-0.15, -0.1) is 26.8 Å². The Hall–Kier alpha value is -0.780. The predicted octanol–water partition coefficient (Wildman–Crippen LogP) is 2.09. The fraction of sp³-hybridized carbons (Fsp3) is 0.400. The molecule has 16 heavy (non-hydrogen) atoms. The molecule has 2 rings (SSSR count). The van der Waals surface area contributed by atoms with Gasteiger partial charge in [0.05, 0.1) is 0 Å². The average Bonchev–Trinajstić information content (AvgIpc) is 2.68. The lowest BCUT2D eigenvalue weighted by atomic mass is 10.3. The predicted molar refractivity (Wildman–Crippen MR) is 70.9 cm³/mol. The zero-order valence-electron chi connectivity index (χ0n) is 9.04. The molecule has 0 aliphatic carbocycles. The van der Waals surface area contributed by atoms with Gasteiger partial charge < -0.3 is 5.73 Å². The van der Waals surface area contributed by atoms with E-state index in [1.807, 2.05) is 24.3 Å². The number of aromatic nitrogens is 3. The summed E-state index contributed by atoms with van der Waals surface area (Å²) in [5.74, 6) is 0.845. The first kappa shape index (κ1) is 13.3. The number of benzene rings is 1. The summed E-state index contributed by atoms with van der Waals surface area (Å²) in [5.41, 5.74) is 7.68. The van der Waals surface area contributed by atoms with Gasteiger partial charge in [0.2, 0.25) is 0 Å². The minimum absolute atomic E-state index is 0. The molecular formula is C10H15ClN4S. The van der Waals surface area contributed by atoms with Crippen LogP contribution in [-0.4, -0.2) is 26.2 Å². The molecule has 1 aromatic heterocycles. The SMILES string of the molecule is CC[C@@H](N)CSn1nc2ccccc2n1.Cl. The van der Waals surface area contributed by atoms with Crippen molar-refractivity contribution in [3.05, 3.63) is 24.3 Å². The Morgan fingerprint density at radius 1 is 1.31 bits per heavy atom. The first-order valence-corrected chi connectivity index (χ1v) is 5.95. The summed E-state index contributed by atoms with van der Waals surface area (Å²) in [7, 11) is 0. The zero-order chi connectivity index (χ0) is 10.7. The molecule has 6 heteroatoms. The highest BCUT2D eigenvalue weighted by molar-refractivity contribution is 7.97. The third-order valence-electron chi connectivity index (χ3n) is 2.20. The van der Waals surface area contributed by atoms with Gasteiger partial charge in [0, 0.05) is 11.8 Å². The Balaban J connectivity index is 0.00000128. The Labute approximate surface area is 105 Å². The van der Waals surface area contributed by atoms with Crippen molar-refractivity contribution in [3.63, 3.8) is 0 Å². The number of hydrogen-bond acceptors (Lipinski definition) is 4. The quantitative estimate of drug-likeness (QED) is 0.912. The molecule has 4 nitrogen and oxygen atoms in total. The summed E-state index contributed by atoms with van der Waals surface area (Å²) in [6.45, 7) is 2.08. The van der Waals surface area contributed by atoms with Gasteiger partial charge in [-0.1, -0.05) is 19.1 Å². The Morgan fingerprint density at radius 2 is 1.88 bits per heavy atom. The topological polar surface area (TPSA) is 56.7 Å². The number of fused-ring (bicyclic) bond motifs is 1. The van der Waals surface area contributed by atoms with E-state index in [9.17, 15) is 0 Å². The lowest BCUT2D eigenvalue weighted by molar-refractivity contribution is 0.719. The number of nitrogens with two attached hydrogens (primary N) is 1. The van der Waals surface area contributed by atoms with Crippen molar-refractivity contribution in [3.8, 4) is 0 Å². The third kappa shape index (κ3) is 3.10. The summed E-state index contributed by atoms with van der Waals surface area (Å²) >= 11 is 1.55. The van der Waals surface area contributed by atoms with E-state index >= 15 is 0 Å². The van der Waals surface area contributed by atoms with E-state index in [2.05, 4.69) is 17.1 Å². The first-order chi connectivity index (χ1) is 7.29. The first-order valence-electron chi connectivity index (χ1n) is 5.00. The zero-order valence-corrected chi connectivity index (χ0v) is 10.7. The molecule has 0 fully saturated rings. The molecule has 0 spiro atoms. The van der Waals surface area contributed by atoms with E-state index in [1.54, 1.807) is 16.1 Å². The third-order valence-corrected chi connectivity index (χ3v) is 3.17. The van der Waals surface area contributed by atoms with Crippen molar-refractivity contribution < 1.29 is 0 Å². The van der Waals surface area contributed by atoms with Crippen molar-refractivity contribution >= 4 is 35.4 Å². The van der Waals surface area contributed by atoms with E-state index in [0.717, 1.165) is 23.2 Å². The smallest absolute Gasteiger partial charge is 0.114 e. The van der Waals surface area contributed by atoms with Gasteiger partial charge in [-0.3, -0.25) is 0 Å². The van der Waals surface area contributed by atoms with Crippen LogP contribution in [0.3, 0.4) is 0 Å². The summed E-state index contributed by atoms with van der Waals surface area (Å²) in [4.78, 5) is 0. The fourth-order valence-electron chi connectivity index (χ4n) is 1.18. The normalized spacial score (nSPS) is 12.4. The van der Waals surface area contributed by atoms with E-state index in [4.69, 9.17) is 5.73 Å². The maximum Gasteiger partial charge on any atom is 0.114 e. The van der Waals surface area contributed by atoms with Gasteiger partial charge >= 0.3 is 0 Å². The van der Waals surface area contributed by atoms with Crippen LogP contribution in [0, 0.1) is 0 Å². The van der Waals surface area contributed by atoms with Crippen molar-refractivity contribution in [2.75, 3.05) is 5.75 Å². The minimum atomic E-state index is 0. The summed E-state index contributed by atoms with van der Waals surface area (Å²) in [6.07, 6.45) is 0.980. The fourth-order valence-corrected chi connectivity index (χ4v) is 2.03. The molecule has 0 aliphatic rings. The summed E-state index contributed by atoms with van der Waals surface area (Å²) in [6, 6.07) is 8.05. The van der Waals surface area contributed by atoms with Gasteiger partial charge in [-0.05, 0) is 30.5 Å². The van der Waals surface area contributed by atoms with Crippen LogP contribution in [0.5, 0.6) is 0 Å². The number of nitrogens with zero attached hydrogens (tertiary/aromatic N) is 3. The number of hydrogen-bond donors (Lipinski definition) is 1. The molecular weight excluding hydrogens is 244 g/mol. The largest absolute Gasteiger partial charge is 0.327 e. The van der Waals surface area contributed by atoms with Crippen LogP contribution in [0.2, 0.25) is 0 Å². The molecule has 0 bridgehead atoms. The Bertz CT molecular complexity index is 412. The maximum atomic E-state index is 5.83.